The Balaban J connectivity index is 1.86. The molecule has 1 N–H and O–H groups in total. The van der Waals surface area contributed by atoms with Crippen LogP contribution in [0.5, 0.6) is 0 Å². The highest BCUT2D eigenvalue weighted by molar-refractivity contribution is 5.92. The van der Waals surface area contributed by atoms with Gasteiger partial charge in [0.05, 0.1) is 6.54 Å². The van der Waals surface area contributed by atoms with Crippen molar-refractivity contribution in [1.29, 1.82) is 0 Å². The summed E-state index contributed by atoms with van der Waals surface area (Å²) < 4.78 is 25.8. The van der Waals surface area contributed by atoms with Gasteiger partial charge in [-0.3, -0.25) is 9.69 Å². The van der Waals surface area contributed by atoms with Crippen LogP contribution in [-0.2, 0) is 11.3 Å². The van der Waals surface area contributed by atoms with Crippen molar-refractivity contribution in [3.05, 3.63) is 65.7 Å². The number of benzene rings is 2. The molecular formula is C16H16F2N2O. The van der Waals surface area contributed by atoms with Crippen LogP contribution in [0.1, 0.15) is 5.56 Å². The van der Waals surface area contributed by atoms with E-state index >= 15 is 0 Å². The van der Waals surface area contributed by atoms with Gasteiger partial charge in [-0.15, -0.1) is 0 Å². The van der Waals surface area contributed by atoms with Crippen LogP contribution in [0.2, 0.25) is 0 Å². The summed E-state index contributed by atoms with van der Waals surface area (Å²) in [6.45, 7) is 0.685. The molecule has 2 aromatic carbocycles. The number of carbonyl (C=O) groups is 1. The minimum atomic E-state index is -0.396. The zero-order valence-electron chi connectivity index (χ0n) is 11.6. The third-order valence-corrected chi connectivity index (χ3v) is 2.89. The van der Waals surface area contributed by atoms with E-state index in [2.05, 4.69) is 5.32 Å². The summed E-state index contributed by atoms with van der Waals surface area (Å²) >= 11 is 0. The molecule has 0 radical (unpaired) electrons. The molecule has 0 unspecified atom stereocenters. The summed E-state index contributed by atoms with van der Waals surface area (Å²) in [4.78, 5) is 13.6. The zero-order chi connectivity index (χ0) is 15.2. The number of halogens is 2. The Morgan fingerprint density at radius 2 is 1.81 bits per heavy atom. The monoisotopic (exact) mass is 290 g/mol. The second-order valence-corrected chi connectivity index (χ2v) is 4.86. The molecule has 0 aliphatic carbocycles. The number of anilines is 1. The minimum absolute atomic E-state index is 0.161. The molecule has 0 saturated carbocycles. The fraction of sp³-hybridized carbons (Fsp3) is 0.188. The lowest BCUT2D eigenvalue weighted by Gasteiger charge is -2.16. The first-order valence-corrected chi connectivity index (χ1v) is 6.51. The lowest BCUT2D eigenvalue weighted by Crippen LogP contribution is -2.29. The Bertz CT molecular complexity index is 614. The average molecular weight is 290 g/mol. The van der Waals surface area contributed by atoms with Gasteiger partial charge in [-0.25, -0.2) is 8.78 Å². The fourth-order valence-electron chi connectivity index (χ4n) is 1.97. The lowest BCUT2D eigenvalue weighted by molar-refractivity contribution is -0.117. The first-order chi connectivity index (χ1) is 10.0. The van der Waals surface area contributed by atoms with Crippen LogP contribution in [-0.4, -0.2) is 24.4 Å². The van der Waals surface area contributed by atoms with Gasteiger partial charge in [0.25, 0.3) is 0 Å². The quantitative estimate of drug-likeness (QED) is 0.918. The first-order valence-electron chi connectivity index (χ1n) is 6.51. The Kier molecular flexibility index (Phi) is 5.00. The number of carbonyl (C=O) groups excluding carboxylic acids is 1. The van der Waals surface area contributed by atoms with E-state index < -0.39 is 5.82 Å². The van der Waals surface area contributed by atoms with Gasteiger partial charge in [0.2, 0.25) is 5.91 Å². The number of hydrogen-bond donors (Lipinski definition) is 1. The van der Waals surface area contributed by atoms with Gasteiger partial charge in [0.1, 0.15) is 11.6 Å². The Morgan fingerprint density at radius 1 is 1.10 bits per heavy atom. The van der Waals surface area contributed by atoms with E-state index in [-0.39, 0.29) is 18.3 Å². The van der Waals surface area contributed by atoms with E-state index in [4.69, 9.17) is 0 Å². The van der Waals surface area contributed by atoms with E-state index in [9.17, 15) is 13.6 Å². The van der Waals surface area contributed by atoms with E-state index in [1.54, 1.807) is 30.1 Å². The van der Waals surface area contributed by atoms with E-state index in [1.807, 2.05) is 0 Å². The molecule has 2 rings (SSSR count). The molecule has 0 heterocycles. The van der Waals surface area contributed by atoms with E-state index in [0.717, 1.165) is 5.56 Å². The molecule has 0 fully saturated rings. The molecule has 0 aromatic heterocycles. The Morgan fingerprint density at radius 3 is 2.48 bits per heavy atom. The molecule has 5 heteroatoms. The van der Waals surface area contributed by atoms with Crippen LogP contribution >= 0.6 is 0 Å². The predicted molar refractivity (Wildman–Crippen MR) is 77.8 cm³/mol. The molecule has 0 aliphatic rings. The van der Waals surface area contributed by atoms with Crippen molar-refractivity contribution in [3.63, 3.8) is 0 Å². The normalized spacial score (nSPS) is 10.7. The van der Waals surface area contributed by atoms with Crippen molar-refractivity contribution in [2.45, 2.75) is 6.54 Å². The van der Waals surface area contributed by atoms with Gasteiger partial charge in [-0.05, 0) is 42.9 Å². The average Bonchev–Trinajstić information content (AvgIpc) is 2.41. The first kappa shape index (κ1) is 15.1. The highest BCUT2D eigenvalue weighted by Gasteiger charge is 2.08. The number of hydrogen-bond acceptors (Lipinski definition) is 2. The van der Waals surface area contributed by atoms with Crippen molar-refractivity contribution >= 4 is 11.6 Å². The van der Waals surface area contributed by atoms with Gasteiger partial charge < -0.3 is 5.32 Å². The van der Waals surface area contributed by atoms with E-state index in [1.165, 1.54) is 30.3 Å². The molecule has 0 atom stereocenters. The second-order valence-electron chi connectivity index (χ2n) is 4.86. The largest absolute Gasteiger partial charge is 0.325 e. The molecule has 1 amide bonds. The van der Waals surface area contributed by atoms with Crippen molar-refractivity contribution in [1.82, 2.24) is 4.90 Å². The number of nitrogens with one attached hydrogen (secondary N) is 1. The summed E-state index contributed by atoms with van der Waals surface area (Å²) in [6, 6.07) is 11.9. The van der Waals surface area contributed by atoms with Crippen LogP contribution in [0.25, 0.3) is 0 Å². The van der Waals surface area contributed by atoms with Crippen LogP contribution in [0, 0.1) is 11.6 Å². The maximum absolute atomic E-state index is 13.0. The van der Waals surface area contributed by atoms with Crippen molar-refractivity contribution in [3.8, 4) is 0 Å². The second kappa shape index (κ2) is 6.95. The lowest BCUT2D eigenvalue weighted by atomic mass is 10.2. The Hall–Kier alpha value is -2.27. The Labute approximate surface area is 122 Å². The van der Waals surface area contributed by atoms with Crippen LogP contribution in [0.4, 0.5) is 14.5 Å². The van der Waals surface area contributed by atoms with Gasteiger partial charge in [-0.1, -0.05) is 18.2 Å². The van der Waals surface area contributed by atoms with Crippen molar-refractivity contribution in [2.24, 2.45) is 0 Å². The smallest absolute Gasteiger partial charge is 0.238 e. The molecule has 0 spiro atoms. The van der Waals surface area contributed by atoms with Gasteiger partial charge in [0, 0.05) is 12.2 Å². The number of rotatable bonds is 5. The molecule has 2 aromatic rings. The maximum Gasteiger partial charge on any atom is 0.238 e. The molecule has 3 nitrogen and oxygen atoms in total. The van der Waals surface area contributed by atoms with Gasteiger partial charge in [0.15, 0.2) is 0 Å². The standard InChI is InChI=1S/C16H16F2N2O/c1-20(10-12-5-7-13(17)8-6-12)11-16(21)19-15-4-2-3-14(18)9-15/h2-9H,10-11H2,1H3,(H,19,21). The third kappa shape index (κ3) is 4.96. The highest BCUT2D eigenvalue weighted by atomic mass is 19.1. The summed E-state index contributed by atoms with van der Waals surface area (Å²) in [5, 5.41) is 2.63. The number of likely N-dealkylation sites (N-methyl/N-ethyl adjacent to an activating group) is 1. The van der Waals surface area contributed by atoms with Crippen LogP contribution in [0.15, 0.2) is 48.5 Å². The van der Waals surface area contributed by atoms with Crippen molar-refractivity contribution in [2.75, 3.05) is 18.9 Å². The summed E-state index contributed by atoms with van der Waals surface area (Å²) in [6.07, 6.45) is 0. The van der Waals surface area contributed by atoms with Crippen molar-refractivity contribution < 1.29 is 13.6 Å². The highest BCUT2D eigenvalue weighted by Crippen LogP contribution is 2.09. The number of amides is 1. The van der Waals surface area contributed by atoms with Gasteiger partial charge in [-0.2, -0.15) is 0 Å². The molecule has 0 saturated heterocycles. The maximum atomic E-state index is 13.0. The molecular weight excluding hydrogens is 274 g/mol. The topological polar surface area (TPSA) is 32.3 Å². The molecule has 0 bridgehead atoms. The molecule has 0 aliphatic heterocycles. The minimum Gasteiger partial charge on any atom is -0.325 e. The third-order valence-electron chi connectivity index (χ3n) is 2.89. The van der Waals surface area contributed by atoms with Crippen LogP contribution in [0.3, 0.4) is 0 Å². The summed E-state index contributed by atoms with van der Waals surface area (Å²) in [7, 11) is 1.79. The molecule has 110 valence electrons. The fourth-order valence-corrected chi connectivity index (χ4v) is 1.97. The zero-order valence-corrected chi connectivity index (χ0v) is 11.6. The SMILES string of the molecule is CN(CC(=O)Nc1cccc(F)c1)Cc1ccc(F)cc1. The van der Waals surface area contributed by atoms with Gasteiger partial charge >= 0.3 is 0 Å². The van der Waals surface area contributed by atoms with E-state index in [0.29, 0.717) is 12.2 Å². The summed E-state index contributed by atoms with van der Waals surface area (Å²) in [5.74, 6) is -0.914. The number of nitrogens with zero attached hydrogens (tertiary/aromatic N) is 1. The summed E-state index contributed by atoms with van der Waals surface area (Å²) in [5.41, 5.74) is 1.34. The molecule has 21 heavy (non-hydrogen) atoms. The predicted octanol–water partition coefficient (Wildman–Crippen LogP) is 3.04. The van der Waals surface area contributed by atoms with Crippen LogP contribution < -0.4 is 5.32 Å².